The Hall–Kier alpha value is -1.19. The highest BCUT2D eigenvalue weighted by Gasteiger charge is 2.42. The third-order valence-electron chi connectivity index (χ3n) is 3.66. The van der Waals surface area contributed by atoms with Gasteiger partial charge in [0.05, 0.1) is 5.56 Å². The lowest BCUT2D eigenvalue weighted by atomic mass is 10.0. The van der Waals surface area contributed by atoms with E-state index in [1.54, 1.807) is 6.07 Å². The normalized spacial score (nSPS) is 19.8. The molecule has 1 nitrogen and oxygen atoms in total. The van der Waals surface area contributed by atoms with Crippen LogP contribution in [0.3, 0.4) is 0 Å². The average molecular weight is 243 g/mol. The molecular formula is C13H16F3N. The molecule has 2 rings (SSSR count). The maximum atomic E-state index is 12.5. The summed E-state index contributed by atoms with van der Waals surface area (Å²) in [5.74, 6) is 0. The van der Waals surface area contributed by atoms with Crippen LogP contribution in [0.25, 0.3) is 0 Å². The molecule has 4 heteroatoms. The smallest absolute Gasteiger partial charge is 0.382 e. The molecule has 0 aromatic heterocycles. The molecule has 1 unspecified atom stereocenters. The van der Waals surface area contributed by atoms with Crippen LogP contribution in [0.5, 0.6) is 0 Å². The van der Waals surface area contributed by atoms with E-state index in [0.717, 1.165) is 18.9 Å². The first-order valence-corrected chi connectivity index (χ1v) is 5.75. The van der Waals surface area contributed by atoms with Gasteiger partial charge in [0, 0.05) is 11.7 Å². The first kappa shape index (κ1) is 12.3. The zero-order chi connectivity index (χ0) is 12.7. The van der Waals surface area contributed by atoms with Crippen molar-refractivity contribution in [3.63, 3.8) is 0 Å². The van der Waals surface area contributed by atoms with E-state index in [2.05, 4.69) is 12.2 Å². The fourth-order valence-corrected chi connectivity index (χ4v) is 1.84. The van der Waals surface area contributed by atoms with Gasteiger partial charge in [-0.2, -0.15) is 13.2 Å². The van der Waals surface area contributed by atoms with Crippen molar-refractivity contribution in [3.8, 4) is 0 Å². The van der Waals surface area contributed by atoms with Crippen LogP contribution in [0.4, 0.5) is 18.9 Å². The summed E-state index contributed by atoms with van der Waals surface area (Å²) in [6, 6.07) is 5.58. The summed E-state index contributed by atoms with van der Waals surface area (Å²) in [5.41, 5.74) is 0.185. The topological polar surface area (TPSA) is 12.0 Å². The van der Waals surface area contributed by atoms with Gasteiger partial charge in [-0.25, -0.2) is 0 Å². The molecule has 1 aliphatic rings. The molecule has 0 saturated heterocycles. The highest BCUT2D eigenvalue weighted by atomic mass is 19.4. The van der Waals surface area contributed by atoms with Gasteiger partial charge in [-0.1, -0.05) is 13.0 Å². The second-order valence-electron chi connectivity index (χ2n) is 5.10. The van der Waals surface area contributed by atoms with Crippen LogP contribution in [-0.4, -0.2) is 6.04 Å². The molecule has 1 fully saturated rings. The Bertz CT molecular complexity index is 407. The molecule has 94 valence electrons. The highest BCUT2D eigenvalue weighted by molar-refractivity contribution is 5.47. The van der Waals surface area contributed by atoms with Crippen LogP contribution in [0.15, 0.2) is 24.3 Å². The van der Waals surface area contributed by atoms with Crippen molar-refractivity contribution in [2.75, 3.05) is 5.32 Å². The standard InChI is InChI=1S/C13H16F3N/c1-9(12(2)6-7-12)17-11-5-3-4-10(8-11)13(14,15)16/h3-5,8-9,17H,6-7H2,1-2H3. The molecular weight excluding hydrogens is 227 g/mol. The van der Waals surface area contributed by atoms with Crippen LogP contribution < -0.4 is 5.32 Å². The van der Waals surface area contributed by atoms with Crippen molar-refractivity contribution in [2.24, 2.45) is 5.41 Å². The second kappa shape index (κ2) is 3.93. The van der Waals surface area contributed by atoms with E-state index in [9.17, 15) is 13.2 Å². The summed E-state index contributed by atoms with van der Waals surface area (Å²) in [5, 5.41) is 3.16. The summed E-state index contributed by atoms with van der Waals surface area (Å²) < 4.78 is 37.6. The minimum absolute atomic E-state index is 0.200. The molecule has 1 atom stereocenters. The summed E-state index contributed by atoms with van der Waals surface area (Å²) >= 11 is 0. The molecule has 17 heavy (non-hydrogen) atoms. The van der Waals surface area contributed by atoms with E-state index in [0.29, 0.717) is 5.69 Å². The summed E-state index contributed by atoms with van der Waals surface area (Å²) in [7, 11) is 0. The monoisotopic (exact) mass is 243 g/mol. The number of benzene rings is 1. The molecule has 0 aliphatic heterocycles. The lowest BCUT2D eigenvalue weighted by Gasteiger charge is -2.22. The quantitative estimate of drug-likeness (QED) is 0.834. The SMILES string of the molecule is CC(Nc1cccc(C(F)(F)F)c1)C1(C)CC1. The third-order valence-corrected chi connectivity index (χ3v) is 3.66. The fourth-order valence-electron chi connectivity index (χ4n) is 1.84. The second-order valence-corrected chi connectivity index (χ2v) is 5.10. The highest BCUT2D eigenvalue weighted by Crippen LogP contribution is 2.48. The molecule has 1 N–H and O–H groups in total. The van der Waals surface area contributed by atoms with Gasteiger partial charge in [0.2, 0.25) is 0 Å². The van der Waals surface area contributed by atoms with Gasteiger partial charge in [0.15, 0.2) is 0 Å². The number of hydrogen-bond acceptors (Lipinski definition) is 1. The Balaban J connectivity index is 2.11. The van der Waals surface area contributed by atoms with Crippen LogP contribution in [-0.2, 0) is 6.18 Å². The largest absolute Gasteiger partial charge is 0.416 e. The maximum absolute atomic E-state index is 12.5. The Morgan fingerprint density at radius 3 is 2.47 bits per heavy atom. The van der Waals surface area contributed by atoms with Gasteiger partial charge in [0.1, 0.15) is 0 Å². The van der Waals surface area contributed by atoms with Crippen LogP contribution in [0.1, 0.15) is 32.3 Å². The predicted molar refractivity (Wildman–Crippen MR) is 61.9 cm³/mol. The minimum atomic E-state index is -4.27. The summed E-state index contributed by atoms with van der Waals surface area (Å²) in [4.78, 5) is 0. The molecule has 0 amide bonds. The van der Waals surface area contributed by atoms with Gasteiger partial charge < -0.3 is 5.32 Å². The van der Waals surface area contributed by atoms with Crippen molar-refractivity contribution < 1.29 is 13.2 Å². The predicted octanol–water partition coefficient (Wildman–Crippen LogP) is 4.31. The number of hydrogen-bond donors (Lipinski definition) is 1. The van der Waals surface area contributed by atoms with Crippen molar-refractivity contribution in [3.05, 3.63) is 29.8 Å². The molecule has 0 bridgehead atoms. The van der Waals surface area contributed by atoms with Gasteiger partial charge in [-0.15, -0.1) is 0 Å². The summed E-state index contributed by atoms with van der Waals surface area (Å²) in [6.45, 7) is 4.17. The Kier molecular flexibility index (Phi) is 2.84. The average Bonchev–Trinajstić information content (AvgIpc) is 2.97. The van der Waals surface area contributed by atoms with Gasteiger partial charge in [0.25, 0.3) is 0 Å². The van der Waals surface area contributed by atoms with Gasteiger partial charge >= 0.3 is 6.18 Å². The molecule has 0 spiro atoms. The Morgan fingerprint density at radius 2 is 1.94 bits per heavy atom. The fraction of sp³-hybridized carbons (Fsp3) is 0.538. The maximum Gasteiger partial charge on any atom is 0.416 e. The lowest BCUT2D eigenvalue weighted by molar-refractivity contribution is -0.137. The Morgan fingerprint density at radius 1 is 1.29 bits per heavy atom. The first-order valence-electron chi connectivity index (χ1n) is 5.75. The van der Waals surface area contributed by atoms with Gasteiger partial charge in [-0.05, 0) is 43.4 Å². The van der Waals surface area contributed by atoms with Crippen molar-refractivity contribution in [1.82, 2.24) is 0 Å². The van der Waals surface area contributed by atoms with Crippen LogP contribution >= 0.6 is 0 Å². The summed E-state index contributed by atoms with van der Waals surface area (Å²) in [6.07, 6.45) is -2.00. The van der Waals surface area contributed by atoms with E-state index in [1.165, 1.54) is 12.1 Å². The van der Waals surface area contributed by atoms with Crippen molar-refractivity contribution in [2.45, 2.75) is 38.9 Å². The molecule has 1 saturated carbocycles. The number of rotatable bonds is 3. The zero-order valence-corrected chi connectivity index (χ0v) is 9.93. The zero-order valence-electron chi connectivity index (χ0n) is 9.93. The van der Waals surface area contributed by atoms with E-state index in [1.807, 2.05) is 6.92 Å². The molecule has 1 aromatic carbocycles. The van der Waals surface area contributed by atoms with Crippen LogP contribution in [0.2, 0.25) is 0 Å². The van der Waals surface area contributed by atoms with Gasteiger partial charge in [-0.3, -0.25) is 0 Å². The van der Waals surface area contributed by atoms with Crippen LogP contribution in [0, 0.1) is 5.41 Å². The molecule has 1 aliphatic carbocycles. The van der Waals surface area contributed by atoms with Crippen molar-refractivity contribution in [1.29, 1.82) is 0 Å². The van der Waals surface area contributed by atoms with E-state index < -0.39 is 11.7 Å². The third kappa shape index (κ3) is 2.73. The molecule has 0 radical (unpaired) electrons. The Labute approximate surface area is 99.0 Å². The number of halogens is 3. The molecule has 0 heterocycles. The van der Waals surface area contributed by atoms with E-state index in [4.69, 9.17) is 0 Å². The van der Waals surface area contributed by atoms with E-state index in [-0.39, 0.29) is 11.5 Å². The van der Waals surface area contributed by atoms with Crippen molar-refractivity contribution >= 4 is 5.69 Å². The van der Waals surface area contributed by atoms with E-state index >= 15 is 0 Å². The number of anilines is 1. The molecule has 1 aromatic rings. The first-order chi connectivity index (χ1) is 7.81. The minimum Gasteiger partial charge on any atom is -0.382 e. The number of nitrogens with one attached hydrogen (secondary N) is 1. The number of alkyl halides is 3. The lowest BCUT2D eigenvalue weighted by Crippen LogP contribution is -2.25.